The summed E-state index contributed by atoms with van der Waals surface area (Å²) in [6.45, 7) is 17.9. The Morgan fingerprint density at radius 3 is 2.56 bits per heavy atom. The molecule has 25 heavy (non-hydrogen) atoms. The van der Waals surface area contributed by atoms with E-state index in [-0.39, 0.29) is 5.91 Å². The summed E-state index contributed by atoms with van der Waals surface area (Å²) in [5, 5.41) is 8.40. The fourth-order valence-electron chi connectivity index (χ4n) is 2.34. The second-order valence-corrected chi connectivity index (χ2v) is 6.04. The van der Waals surface area contributed by atoms with E-state index in [4.69, 9.17) is 0 Å². The third-order valence-corrected chi connectivity index (χ3v) is 3.79. The molecule has 3 heteroatoms. The van der Waals surface area contributed by atoms with E-state index in [1.807, 2.05) is 18.2 Å². The lowest BCUT2D eigenvalue weighted by molar-refractivity contribution is -0.117. The van der Waals surface area contributed by atoms with E-state index in [0.717, 1.165) is 41.0 Å². The summed E-state index contributed by atoms with van der Waals surface area (Å²) < 4.78 is 0. The van der Waals surface area contributed by atoms with E-state index in [1.54, 1.807) is 6.92 Å². The van der Waals surface area contributed by atoms with Crippen LogP contribution < -0.4 is 21.1 Å². The number of allylic oxidation sites excluding steroid dienone is 2. The third-order valence-electron chi connectivity index (χ3n) is 3.79. The molecule has 0 saturated carbocycles. The van der Waals surface area contributed by atoms with Gasteiger partial charge in [0.25, 0.3) is 0 Å². The van der Waals surface area contributed by atoms with Crippen molar-refractivity contribution in [2.45, 2.75) is 26.7 Å². The minimum absolute atomic E-state index is 0.0867. The predicted octanol–water partition coefficient (Wildman–Crippen LogP) is 2.44. The Kier molecular flexibility index (Phi) is 9.26. The highest BCUT2D eigenvalue weighted by Crippen LogP contribution is 2.08. The van der Waals surface area contributed by atoms with Crippen molar-refractivity contribution >= 4 is 18.1 Å². The van der Waals surface area contributed by atoms with Crippen LogP contribution in [0.4, 0.5) is 0 Å². The molecular weight excluding hydrogens is 308 g/mol. The van der Waals surface area contributed by atoms with Crippen LogP contribution in [0.5, 0.6) is 0 Å². The number of nitrogens with one attached hydrogen (secondary N) is 2. The first-order valence-corrected chi connectivity index (χ1v) is 8.74. The summed E-state index contributed by atoms with van der Waals surface area (Å²) >= 11 is 0. The number of amides is 1. The molecule has 1 aromatic rings. The van der Waals surface area contributed by atoms with Gasteiger partial charge in [-0.1, -0.05) is 63.1 Å². The zero-order valence-corrected chi connectivity index (χ0v) is 15.5. The van der Waals surface area contributed by atoms with Crippen molar-refractivity contribution in [1.82, 2.24) is 10.6 Å². The minimum Gasteiger partial charge on any atom is -0.352 e. The first kappa shape index (κ1) is 20.7. The molecule has 0 bridgehead atoms. The molecule has 0 fully saturated rings. The number of carbonyl (C=O) groups excluding carboxylic acids is 1. The maximum absolute atomic E-state index is 11.4. The fourth-order valence-corrected chi connectivity index (χ4v) is 2.34. The number of hydrogen-bond donors (Lipinski definition) is 2. The number of carbonyl (C=O) groups is 1. The molecule has 1 aromatic carbocycles. The summed E-state index contributed by atoms with van der Waals surface area (Å²) in [6, 6.07) is 8.11. The molecule has 0 saturated heterocycles. The van der Waals surface area contributed by atoms with E-state index in [9.17, 15) is 4.79 Å². The van der Waals surface area contributed by atoms with Crippen molar-refractivity contribution in [3.63, 3.8) is 0 Å². The Bertz CT molecular complexity index is 744. The second-order valence-electron chi connectivity index (χ2n) is 6.04. The van der Waals surface area contributed by atoms with E-state index in [0.29, 0.717) is 18.7 Å². The van der Waals surface area contributed by atoms with Gasteiger partial charge in [-0.2, -0.15) is 0 Å². The fraction of sp³-hybridized carbons (Fsp3) is 0.318. The van der Waals surface area contributed by atoms with E-state index in [1.165, 1.54) is 0 Å². The number of benzene rings is 1. The standard InChI is InChI=1S/C22H30N2O/c1-6-7-11-19(5)21(20-13-9-8-12-18(20)4)16-23-14-10-15-24-22(25)17(2)3/h7-9,11-13,23H,2,4-6,10,14-16H2,1,3H3,(H,24,25)/b11-7-,21-20-. The lowest BCUT2D eigenvalue weighted by Crippen LogP contribution is -2.32. The van der Waals surface area contributed by atoms with Crippen LogP contribution in [0.15, 0.2) is 60.7 Å². The van der Waals surface area contributed by atoms with Crippen LogP contribution in [0, 0.1) is 0 Å². The molecule has 0 unspecified atom stereocenters. The zero-order valence-electron chi connectivity index (χ0n) is 15.5. The van der Waals surface area contributed by atoms with Crippen LogP contribution in [-0.4, -0.2) is 25.5 Å². The monoisotopic (exact) mass is 338 g/mol. The molecule has 0 heterocycles. The molecule has 0 radical (unpaired) electrons. The van der Waals surface area contributed by atoms with Gasteiger partial charge in [0.05, 0.1) is 0 Å². The Morgan fingerprint density at radius 1 is 1.20 bits per heavy atom. The average Bonchev–Trinajstić information content (AvgIpc) is 2.59. The SMILES string of the molecule is C=C(C)C(=O)NCCCNC/C(C(=C)/C=C\CC)=c1\ccccc1=C. The van der Waals surface area contributed by atoms with Gasteiger partial charge in [-0.05, 0) is 47.9 Å². The third kappa shape index (κ3) is 7.36. The van der Waals surface area contributed by atoms with Gasteiger partial charge in [-0.25, -0.2) is 0 Å². The van der Waals surface area contributed by atoms with Crippen LogP contribution in [-0.2, 0) is 4.79 Å². The molecule has 1 rings (SSSR count). The molecule has 0 spiro atoms. The molecule has 0 aliphatic carbocycles. The Hall–Kier alpha value is -2.39. The van der Waals surface area contributed by atoms with Gasteiger partial charge in [0.2, 0.25) is 5.91 Å². The molecule has 0 aliphatic rings. The Balaban J connectivity index is 2.70. The highest BCUT2D eigenvalue weighted by Gasteiger charge is 2.03. The smallest absolute Gasteiger partial charge is 0.246 e. The first-order chi connectivity index (χ1) is 12.0. The van der Waals surface area contributed by atoms with Crippen LogP contribution in [0.25, 0.3) is 12.2 Å². The molecule has 0 atom stereocenters. The summed E-state index contributed by atoms with van der Waals surface area (Å²) in [5.41, 5.74) is 2.69. The summed E-state index contributed by atoms with van der Waals surface area (Å²) in [4.78, 5) is 11.4. The van der Waals surface area contributed by atoms with Crippen molar-refractivity contribution in [3.8, 4) is 0 Å². The van der Waals surface area contributed by atoms with Crippen molar-refractivity contribution in [1.29, 1.82) is 0 Å². The van der Waals surface area contributed by atoms with Crippen molar-refractivity contribution in [2.24, 2.45) is 0 Å². The molecule has 134 valence electrons. The Labute approximate surface area is 151 Å². The lowest BCUT2D eigenvalue weighted by atomic mass is 10.0. The van der Waals surface area contributed by atoms with Gasteiger partial charge >= 0.3 is 0 Å². The van der Waals surface area contributed by atoms with Gasteiger partial charge in [0.1, 0.15) is 0 Å². The zero-order chi connectivity index (χ0) is 18.7. The number of hydrogen-bond acceptors (Lipinski definition) is 2. The van der Waals surface area contributed by atoms with Crippen LogP contribution >= 0.6 is 0 Å². The van der Waals surface area contributed by atoms with Crippen molar-refractivity contribution in [2.75, 3.05) is 19.6 Å². The largest absolute Gasteiger partial charge is 0.352 e. The van der Waals surface area contributed by atoms with Gasteiger partial charge in [0, 0.05) is 18.7 Å². The number of rotatable bonds is 10. The summed E-state index contributed by atoms with van der Waals surface area (Å²) in [6.07, 6.45) is 6.02. The molecule has 1 amide bonds. The second kappa shape index (κ2) is 11.2. The molecule has 0 aromatic heterocycles. The van der Waals surface area contributed by atoms with Crippen molar-refractivity contribution in [3.05, 3.63) is 71.2 Å². The van der Waals surface area contributed by atoms with Gasteiger partial charge < -0.3 is 10.6 Å². The highest BCUT2D eigenvalue weighted by molar-refractivity contribution is 5.92. The summed E-state index contributed by atoms with van der Waals surface area (Å²) in [5.74, 6) is -0.0867. The summed E-state index contributed by atoms with van der Waals surface area (Å²) in [7, 11) is 0. The van der Waals surface area contributed by atoms with E-state index in [2.05, 4.69) is 55.5 Å². The topological polar surface area (TPSA) is 41.1 Å². The quantitative estimate of drug-likeness (QED) is 0.391. The Morgan fingerprint density at radius 2 is 1.92 bits per heavy atom. The average molecular weight is 338 g/mol. The first-order valence-electron chi connectivity index (χ1n) is 8.74. The van der Waals surface area contributed by atoms with E-state index >= 15 is 0 Å². The van der Waals surface area contributed by atoms with Crippen molar-refractivity contribution < 1.29 is 4.79 Å². The molecular formula is C22H30N2O. The minimum atomic E-state index is -0.0867. The highest BCUT2D eigenvalue weighted by atomic mass is 16.1. The van der Waals surface area contributed by atoms with Gasteiger partial charge in [0.15, 0.2) is 0 Å². The van der Waals surface area contributed by atoms with E-state index < -0.39 is 0 Å². The maximum Gasteiger partial charge on any atom is 0.246 e. The molecule has 3 nitrogen and oxygen atoms in total. The van der Waals surface area contributed by atoms with Gasteiger partial charge in [-0.15, -0.1) is 0 Å². The van der Waals surface area contributed by atoms with Crippen LogP contribution in [0.3, 0.4) is 0 Å². The maximum atomic E-state index is 11.4. The molecule has 2 N–H and O–H groups in total. The van der Waals surface area contributed by atoms with Gasteiger partial charge in [-0.3, -0.25) is 4.79 Å². The van der Waals surface area contributed by atoms with Crippen LogP contribution in [0.2, 0.25) is 0 Å². The normalized spacial score (nSPS) is 12.1. The lowest BCUT2D eigenvalue weighted by Gasteiger charge is -2.11. The van der Waals surface area contributed by atoms with Crippen LogP contribution in [0.1, 0.15) is 26.7 Å². The molecule has 0 aliphatic heterocycles. The predicted molar refractivity (Wildman–Crippen MR) is 109 cm³/mol.